The molecule has 3 N–H and O–H groups in total. The van der Waals surface area contributed by atoms with E-state index in [1.807, 2.05) is 5.38 Å². The fourth-order valence-electron chi connectivity index (χ4n) is 1.07. The van der Waals surface area contributed by atoms with Crippen molar-refractivity contribution in [3.05, 3.63) is 11.6 Å². The van der Waals surface area contributed by atoms with Gasteiger partial charge < -0.3 is 11.1 Å². The molecule has 12 heavy (non-hydrogen) atoms. The van der Waals surface area contributed by atoms with Crippen LogP contribution in [0.15, 0.2) is 11.6 Å². The lowest BCUT2D eigenvalue weighted by molar-refractivity contribution is 0.648. The topological polar surface area (TPSA) is 50.9 Å². The minimum atomic E-state index is 0.376. The Hall–Kier alpha value is -0.610. The maximum Gasteiger partial charge on any atom is 0.182 e. The fourth-order valence-corrected chi connectivity index (χ4v) is 1.67. The van der Waals surface area contributed by atoms with E-state index < -0.39 is 0 Å². The van der Waals surface area contributed by atoms with Gasteiger partial charge in [0.15, 0.2) is 5.13 Å². The molecule has 1 aromatic heterocycles. The second-order valence-electron chi connectivity index (χ2n) is 2.70. The monoisotopic (exact) mass is 185 g/mol. The molecular formula is C8H15N3S. The lowest BCUT2D eigenvalue weighted by atomic mass is 10.2. The van der Waals surface area contributed by atoms with E-state index >= 15 is 0 Å². The van der Waals surface area contributed by atoms with Crippen LogP contribution in [0, 0.1) is 0 Å². The molecule has 1 aromatic rings. The summed E-state index contributed by atoms with van der Waals surface area (Å²) in [5.41, 5.74) is 5.59. The third kappa shape index (κ3) is 2.79. The summed E-state index contributed by atoms with van der Waals surface area (Å²) in [5.74, 6) is 0. The van der Waals surface area contributed by atoms with Gasteiger partial charge in [0.05, 0.1) is 0 Å². The third-order valence-corrected chi connectivity index (χ3v) is 2.39. The highest BCUT2D eigenvalue weighted by Crippen LogP contribution is 2.12. The molecule has 0 saturated heterocycles. The van der Waals surface area contributed by atoms with Gasteiger partial charge in [0, 0.05) is 24.2 Å². The van der Waals surface area contributed by atoms with Gasteiger partial charge in [-0.15, -0.1) is 11.3 Å². The van der Waals surface area contributed by atoms with Crippen LogP contribution in [0.25, 0.3) is 0 Å². The average Bonchev–Trinajstić information content (AvgIpc) is 2.56. The van der Waals surface area contributed by atoms with Crippen molar-refractivity contribution in [3.8, 4) is 0 Å². The zero-order valence-corrected chi connectivity index (χ0v) is 8.10. The highest BCUT2D eigenvalue weighted by Gasteiger charge is 2.05. The van der Waals surface area contributed by atoms with Crippen molar-refractivity contribution in [2.75, 3.05) is 11.9 Å². The standard InChI is InChI=1S/C8H15N3S/c1-2-3-7(6-9)11-8-10-4-5-12-8/h4-5,7H,2-3,6,9H2,1H3,(H,10,11). The number of thiazole rings is 1. The lowest BCUT2D eigenvalue weighted by Gasteiger charge is -2.14. The summed E-state index contributed by atoms with van der Waals surface area (Å²) < 4.78 is 0. The molecule has 0 aromatic carbocycles. The van der Waals surface area contributed by atoms with Crippen molar-refractivity contribution in [1.82, 2.24) is 4.98 Å². The first-order valence-electron chi connectivity index (χ1n) is 4.23. The van der Waals surface area contributed by atoms with Gasteiger partial charge in [-0.3, -0.25) is 0 Å². The van der Waals surface area contributed by atoms with Gasteiger partial charge in [-0.2, -0.15) is 0 Å². The number of nitrogens with one attached hydrogen (secondary N) is 1. The van der Waals surface area contributed by atoms with Gasteiger partial charge in [-0.05, 0) is 6.42 Å². The van der Waals surface area contributed by atoms with Crippen molar-refractivity contribution in [3.63, 3.8) is 0 Å². The minimum absolute atomic E-state index is 0.376. The van der Waals surface area contributed by atoms with Gasteiger partial charge >= 0.3 is 0 Å². The van der Waals surface area contributed by atoms with E-state index in [4.69, 9.17) is 5.73 Å². The number of rotatable bonds is 5. The van der Waals surface area contributed by atoms with Crippen LogP contribution in [0.1, 0.15) is 19.8 Å². The fraction of sp³-hybridized carbons (Fsp3) is 0.625. The minimum Gasteiger partial charge on any atom is -0.358 e. The third-order valence-electron chi connectivity index (χ3n) is 1.68. The first-order chi connectivity index (χ1) is 5.86. The smallest absolute Gasteiger partial charge is 0.182 e. The van der Waals surface area contributed by atoms with Crippen molar-refractivity contribution < 1.29 is 0 Å². The summed E-state index contributed by atoms with van der Waals surface area (Å²) in [4.78, 5) is 4.14. The maximum absolute atomic E-state index is 5.59. The van der Waals surface area contributed by atoms with Crippen LogP contribution in [0.3, 0.4) is 0 Å². The molecule has 0 radical (unpaired) electrons. The van der Waals surface area contributed by atoms with Crippen LogP contribution < -0.4 is 11.1 Å². The number of hydrogen-bond acceptors (Lipinski definition) is 4. The molecule has 0 fully saturated rings. The first kappa shape index (κ1) is 9.48. The van der Waals surface area contributed by atoms with E-state index in [-0.39, 0.29) is 0 Å². The molecule has 0 aliphatic heterocycles. The predicted molar refractivity (Wildman–Crippen MR) is 53.5 cm³/mol. The van der Waals surface area contributed by atoms with Crippen molar-refractivity contribution in [2.45, 2.75) is 25.8 Å². The van der Waals surface area contributed by atoms with E-state index in [0.717, 1.165) is 18.0 Å². The van der Waals surface area contributed by atoms with Gasteiger partial charge in [0.25, 0.3) is 0 Å². The Labute approximate surface area is 77.0 Å². The molecule has 0 aliphatic carbocycles. The molecule has 68 valence electrons. The van der Waals surface area contributed by atoms with Gasteiger partial charge in [0.2, 0.25) is 0 Å². The Bertz CT molecular complexity index is 198. The SMILES string of the molecule is CCCC(CN)Nc1nccs1. The summed E-state index contributed by atoms with van der Waals surface area (Å²) in [5, 5.41) is 6.22. The summed E-state index contributed by atoms with van der Waals surface area (Å²) in [6.45, 7) is 2.83. The van der Waals surface area contributed by atoms with Crippen LogP contribution in [0.4, 0.5) is 5.13 Å². The normalized spacial score (nSPS) is 12.8. The van der Waals surface area contributed by atoms with E-state index in [1.165, 1.54) is 0 Å². The van der Waals surface area contributed by atoms with Gasteiger partial charge in [-0.1, -0.05) is 13.3 Å². The van der Waals surface area contributed by atoms with Crippen molar-refractivity contribution in [2.24, 2.45) is 5.73 Å². The highest BCUT2D eigenvalue weighted by molar-refractivity contribution is 7.13. The molecule has 0 bridgehead atoms. The summed E-state index contributed by atoms with van der Waals surface area (Å²) in [7, 11) is 0. The second-order valence-corrected chi connectivity index (χ2v) is 3.60. The Morgan fingerprint density at radius 1 is 1.75 bits per heavy atom. The van der Waals surface area contributed by atoms with Crippen LogP contribution in [0.5, 0.6) is 0 Å². The molecule has 4 heteroatoms. The number of nitrogens with two attached hydrogens (primary N) is 1. The Kier molecular flexibility index (Phi) is 4.04. The molecule has 0 aliphatic rings. The number of hydrogen-bond donors (Lipinski definition) is 2. The zero-order chi connectivity index (χ0) is 8.81. The lowest BCUT2D eigenvalue weighted by Crippen LogP contribution is -2.28. The first-order valence-corrected chi connectivity index (χ1v) is 5.11. The number of anilines is 1. The van der Waals surface area contributed by atoms with E-state index in [0.29, 0.717) is 12.6 Å². The molecular weight excluding hydrogens is 170 g/mol. The molecule has 0 spiro atoms. The van der Waals surface area contributed by atoms with Crippen molar-refractivity contribution >= 4 is 16.5 Å². The second kappa shape index (κ2) is 5.11. The number of aromatic nitrogens is 1. The molecule has 1 atom stereocenters. The molecule has 1 heterocycles. The van der Waals surface area contributed by atoms with E-state index in [2.05, 4.69) is 17.2 Å². The van der Waals surface area contributed by atoms with Crippen LogP contribution >= 0.6 is 11.3 Å². The van der Waals surface area contributed by atoms with Crippen LogP contribution in [-0.4, -0.2) is 17.6 Å². The quantitative estimate of drug-likeness (QED) is 0.734. The van der Waals surface area contributed by atoms with E-state index in [9.17, 15) is 0 Å². The summed E-state index contributed by atoms with van der Waals surface area (Å²) in [6, 6.07) is 0.376. The van der Waals surface area contributed by atoms with E-state index in [1.54, 1.807) is 17.5 Å². The Morgan fingerprint density at radius 3 is 3.08 bits per heavy atom. The van der Waals surface area contributed by atoms with Crippen molar-refractivity contribution in [1.29, 1.82) is 0 Å². The zero-order valence-electron chi connectivity index (χ0n) is 7.29. The summed E-state index contributed by atoms with van der Waals surface area (Å²) in [6.07, 6.45) is 4.06. The number of nitrogens with zero attached hydrogens (tertiary/aromatic N) is 1. The molecule has 1 unspecified atom stereocenters. The van der Waals surface area contributed by atoms with Crippen LogP contribution in [-0.2, 0) is 0 Å². The Balaban J connectivity index is 2.37. The molecule has 1 rings (SSSR count). The maximum atomic E-state index is 5.59. The Morgan fingerprint density at radius 2 is 2.58 bits per heavy atom. The highest BCUT2D eigenvalue weighted by atomic mass is 32.1. The van der Waals surface area contributed by atoms with Gasteiger partial charge in [-0.25, -0.2) is 4.98 Å². The predicted octanol–water partition coefficient (Wildman–Crippen LogP) is 1.68. The molecule has 3 nitrogen and oxygen atoms in total. The average molecular weight is 185 g/mol. The largest absolute Gasteiger partial charge is 0.358 e. The molecule has 0 amide bonds. The molecule has 0 saturated carbocycles. The summed E-state index contributed by atoms with van der Waals surface area (Å²) >= 11 is 1.61. The van der Waals surface area contributed by atoms with Crippen LogP contribution in [0.2, 0.25) is 0 Å². The van der Waals surface area contributed by atoms with Gasteiger partial charge in [0.1, 0.15) is 0 Å².